The topological polar surface area (TPSA) is 67.6 Å². The number of nitrogens with two attached hydrogens (primary N) is 1. The lowest BCUT2D eigenvalue weighted by atomic mass is 9.88. The molecule has 0 spiro atoms. The third-order valence-electron chi connectivity index (χ3n) is 3.98. The Morgan fingerprint density at radius 1 is 1.37 bits per heavy atom. The first-order chi connectivity index (χ1) is 8.39. The van der Waals surface area contributed by atoms with E-state index < -0.39 is 6.04 Å². The zero-order chi connectivity index (χ0) is 13.8. The molecule has 0 unspecified atom stereocenters. The first-order valence-corrected chi connectivity index (χ1v) is 6.67. The third-order valence-corrected chi connectivity index (χ3v) is 3.98. The van der Waals surface area contributed by atoms with Crippen LogP contribution in [0, 0.1) is 5.92 Å². The predicted molar refractivity (Wildman–Crippen MR) is 79.5 cm³/mol. The van der Waals surface area contributed by atoms with Crippen LogP contribution in [0.15, 0.2) is 0 Å². The van der Waals surface area contributed by atoms with E-state index in [9.17, 15) is 4.79 Å². The number of nitrogens with zero attached hydrogens (tertiary/aromatic N) is 1. The Morgan fingerprint density at radius 2 is 1.89 bits per heavy atom. The average Bonchev–Trinajstić information content (AvgIpc) is 2.35. The summed E-state index contributed by atoms with van der Waals surface area (Å²) in [6, 6.07) is -0.427. The molecule has 0 aromatic heterocycles. The van der Waals surface area contributed by atoms with Crippen molar-refractivity contribution >= 4 is 18.3 Å². The summed E-state index contributed by atoms with van der Waals surface area (Å²) in [5.41, 5.74) is 5.85. The van der Waals surface area contributed by atoms with Gasteiger partial charge >= 0.3 is 0 Å². The van der Waals surface area contributed by atoms with Crippen molar-refractivity contribution in [2.75, 3.05) is 33.9 Å². The van der Waals surface area contributed by atoms with Gasteiger partial charge in [0.2, 0.25) is 5.91 Å². The van der Waals surface area contributed by atoms with Crippen molar-refractivity contribution in [3.8, 4) is 0 Å². The second-order valence-corrected chi connectivity index (χ2v) is 5.72. The van der Waals surface area contributed by atoms with Crippen molar-refractivity contribution in [1.29, 1.82) is 0 Å². The molecule has 114 valence electrons. The lowest BCUT2D eigenvalue weighted by Gasteiger charge is -2.43. The number of carbonyl (C=O) groups excluding carboxylic acids is 1. The van der Waals surface area contributed by atoms with Gasteiger partial charge in [0.1, 0.15) is 0 Å². The van der Waals surface area contributed by atoms with Gasteiger partial charge in [-0.3, -0.25) is 4.79 Å². The number of amides is 1. The van der Waals surface area contributed by atoms with E-state index in [-0.39, 0.29) is 29.8 Å². The van der Waals surface area contributed by atoms with E-state index in [0.29, 0.717) is 6.54 Å². The van der Waals surface area contributed by atoms with E-state index in [1.165, 1.54) is 0 Å². The number of likely N-dealkylation sites (N-methyl/N-ethyl adjacent to an activating group) is 1. The molecule has 0 bridgehead atoms. The van der Waals surface area contributed by atoms with Crippen LogP contribution in [0.2, 0.25) is 0 Å². The SMILES string of the molecule is CC(C)[C@H](N)C(=O)NCC1(N(C)C)CCOCC1.Cl. The van der Waals surface area contributed by atoms with Gasteiger partial charge in [0.05, 0.1) is 6.04 Å². The highest BCUT2D eigenvalue weighted by molar-refractivity contribution is 5.85. The van der Waals surface area contributed by atoms with Gasteiger partial charge in [0.25, 0.3) is 0 Å². The second-order valence-electron chi connectivity index (χ2n) is 5.72. The van der Waals surface area contributed by atoms with Crippen LogP contribution >= 0.6 is 12.4 Å². The molecule has 1 amide bonds. The van der Waals surface area contributed by atoms with Crippen LogP contribution in [0.25, 0.3) is 0 Å². The van der Waals surface area contributed by atoms with E-state index in [4.69, 9.17) is 10.5 Å². The van der Waals surface area contributed by atoms with Crippen molar-refractivity contribution in [3.63, 3.8) is 0 Å². The molecule has 1 heterocycles. The molecule has 1 atom stereocenters. The van der Waals surface area contributed by atoms with Gasteiger partial charge in [0.15, 0.2) is 0 Å². The monoisotopic (exact) mass is 293 g/mol. The molecule has 5 nitrogen and oxygen atoms in total. The first kappa shape index (κ1) is 18.6. The largest absolute Gasteiger partial charge is 0.381 e. The minimum Gasteiger partial charge on any atom is -0.381 e. The molecule has 0 aromatic carbocycles. The lowest BCUT2D eigenvalue weighted by Crippen LogP contribution is -2.57. The fourth-order valence-corrected chi connectivity index (χ4v) is 2.21. The van der Waals surface area contributed by atoms with E-state index >= 15 is 0 Å². The van der Waals surface area contributed by atoms with Crippen LogP contribution in [0.5, 0.6) is 0 Å². The van der Waals surface area contributed by atoms with E-state index in [2.05, 4.69) is 24.3 Å². The van der Waals surface area contributed by atoms with Crippen LogP contribution in [0.4, 0.5) is 0 Å². The van der Waals surface area contributed by atoms with E-state index in [0.717, 1.165) is 26.1 Å². The summed E-state index contributed by atoms with van der Waals surface area (Å²) in [6.07, 6.45) is 1.88. The van der Waals surface area contributed by atoms with Gasteiger partial charge in [-0.25, -0.2) is 0 Å². The van der Waals surface area contributed by atoms with Crippen LogP contribution in [-0.4, -0.2) is 56.2 Å². The average molecular weight is 294 g/mol. The predicted octanol–water partition coefficient (Wildman–Crippen LogP) is 0.619. The first-order valence-electron chi connectivity index (χ1n) is 6.67. The Balaban J connectivity index is 0.00000324. The van der Waals surface area contributed by atoms with Crippen LogP contribution < -0.4 is 11.1 Å². The van der Waals surface area contributed by atoms with Crippen LogP contribution in [-0.2, 0) is 9.53 Å². The van der Waals surface area contributed by atoms with Gasteiger partial charge in [-0.05, 0) is 32.9 Å². The summed E-state index contributed by atoms with van der Waals surface area (Å²) < 4.78 is 5.40. The van der Waals surface area contributed by atoms with Gasteiger partial charge in [-0.1, -0.05) is 13.8 Å². The Bertz CT molecular complexity index is 279. The van der Waals surface area contributed by atoms with E-state index in [1.807, 2.05) is 13.8 Å². The Morgan fingerprint density at radius 3 is 2.32 bits per heavy atom. The highest BCUT2D eigenvalue weighted by Crippen LogP contribution is 2.25. The molecule has 3 N–H and O–H groups in total. The van der Waals surface area contributed by atoms with E-state index in [1.54, 1.807) is 0 Å². The standard InChI is InChI=1S/C13H27N3O2.ClH/c1-10(2)11(14)12(17)15-9-13(16(3)4)5-7-18-8-6-13;/h10-11H,5-9,14H2,1-4H3,(H,15,17);1H/t11-;/m0./s1. The third kappa shape index (κ3) is 4.91. The summed E-state index contributed by atoms with van der Waals surface area (Å²) in [7, 11) is 4.11. The molecule has 0 radical (unpaired) electrons. The molecule has 0 saturated carbocycles. The smallest absolute Gasteiger partial charge is 0.237 e. The molecule has 19 heavy (non-hydrogen) atoms. The van der Waals surface area contributed by atoms with Gasteiger partial charge in [-0.2, -0.15) is 0 Å². The molecule has 1 aliphatic rings. The van der Waals surface area contributed by atoms with Crippen molar-refractivity contribution in [2.45, 2.75) is 38.3 Å². The summed E-state index contributed by atoms with van der Waals surface area (Å²) >= 11 is 0. The lowest BCUT2D eigenvalue weighted by molar-refractivity contribution is -0.124. The number of ether oxygens (including phenoxy) is 1. The number of halogens is 1. The quantitative estimate of drug-likeness (QED) is 0.780. The van der Waals surface area contributed by atoms with Gasteiger partial charge in [-0.15, -0.1) is 12.4 Å². The Labute approximate surface area is 122 Å². The normalized spacial score (nSPS) is 19.9. The molecule has 1 aliphatic heterocycles. The molecular weight excluding hydrogens is 266 g/mol. The number of carbonyl (C=O) groups is 1. The number of hydrogen-bond acceptors (Lipinski definition) is 4. The summed E-state index contributed by atoms with van der Waals surface area (Å²) in [6.45, 7) is 6.07. The van der Waals surface area contributed by atoms with Crippen molar-refractivity contribution in [2.24, 2.45) is 11.7 Å². The number of hydrogen-bond donors (Lipinski definition) is 2. The van der Waals surface area contributed by atoms with Crippen LogP contribution in [0.1, 0.15) is 26.7 Å². The van der Waals surface area contributed by atoms with Gasteiger partial charge in [0, 0.05) is 25.3 Å². The highest BCUT2D eigenvalue weighted by atomic mass is 35.5. The minimum atomic E-state index is -0.427. The fourth-order valence-electron chi connectivity index (χ4n) is 2.21. The zero-order valence-electron chi connectivity index (χ0n) is 12.4. The summed E-state index contributed by atoms with van der Waals surface area (Å²) in [5, 5.41) is 2.99. The molecule has 0 aliphatic carbocycles. The van der Waals surface area contributed by atoms with Crippen molar-refractivity contribution < 1.29 is 9.53 Å². The molecule has 6 heteroatoms. The van der Waals surface area contributed by atoms with Crippen LogP contribution in [0.3, 0.4) is 0 Å². The minimum absolute atomic E-state index is 0. The molecule has 1 rings (SSSR count). The maximum atomic E-state index is 11.9. The summed E-state index contributed by atoms with van der Waals surface area (Å²) in [4.78, 5) is 14.1. The maximum absolute atomic E-state index is 11.9. The van der Waals surface area contributed by atoms with Gasteiger partial charge < -0.3 is 20.7 Å². The van der Waals surface area contributed by atoms with Crippen molar-refractivity contribution in [1.82, 2.24) is 10.2 Å². The molecule has 0 aromatic rings. The zero-order valence-corrected chi connectivity index (χ0v) is 13.3. The second kappa shape index (κ2) is 8.04. The number of rotatable bonds is 5. The van der Waals surface area contributed by atoms with Crippen molar-refractivity contribution in [3.05, 3.63) is 0 Å². The Hall–Kier alpha value is -0.360. The Kier molecular flexibility index (Phi) is 7.89. The maximum Gasteiger partial charge on any atom is 0.237 e. The molecule has 1 fully saturated rings. The number of nitrogens with one attached hydrogen (secondary N) is 1. The molecule has 1 saturated heterocycles. The summed E-state index contributed by atoms with van der Waals surface area (Å²) in [5.74, 6) is 0.104. The highest BCUT2D eigenvalue weighted by Gasteiger charge is 2.35. The fraction of sp³-hybridized carbons (Fsp3) is 0.923. The molecular formula is C13H28ClN3O2.